The van der Waals surface area contributed by atoms with E-state index in [0.29, 0.717) is 6.54 Å². The van der Waals surface area contributed by atoms with Gasteiger partial charge < -0.3 is 5.32 Å². The summed E-state index contributed by atoms with van der Waals surface area (Å²) in [6, 6.07) is 10.3. The quantitative estimate of drug-likeness (QED) is 0.855. The maximum absolute atomic E-state index is 12.0. The molecule has 1 aromatic carbocycles. The molecule has 3 heteroatoms. The molecule has 1 amide bonds. The third kappa shape index (κ3) is 6.97. The Morgan fingerprint density at radius 3 is 2.37 bits per heavy atom. The number of nitrogens with one attached hydrogen (secondary N) is 1. The summed E-state index contributed by atoms with van der Waals surface area (Å²) in [5.74, 6) is 0.0943. The number of carbonyl (C=O) groups is 1. The van der Waals surface area contributed by atoms with Gasteiger partial charge in [0.2, 0.25) is 5.91 Å². The second-order valence-corrected chi connectivity index (χ2v) is 5.99. The van der Waals surface area contributed by atoms with Gasteiger partial charge in [0.15, 0.2) is 0 Å². The molecule has 3 nitrogen and oxygen atoms in total. The van der Waals surface area contributed by atoms with E-state index in [1.54, 1.807) is 0 Å². The number of nitrogens with zero attached hydrogens (tertiary/aromatic N) is 1. The van der Waals surface area contributed by atoms with Gasteiger partial charge in [-0.05, 0) is 39.3 Å². The van der Waals surface area contributed by atoms with Crippen molar-refractivity contribution in [2.45, 2.75) is 46.2 Å². The molecule has 0 fully saturated rings. The number of amides is 1. The Kier molecular flexibility index (Phi) is 6.03. The van der Waals surface area contributed by atoms with Crippen molar-refractivity contribution in [3.05, 3.63) is 35.9 Å². The van der Waals surface area contributed by atoms with Gasteiger partial charge in [-0.2, -0.15) is 0 Å². The molecule has 0 atom stereocenters. The summed E-state index contributed by atoms with van der Waals surface area (Å²) in [5.41, 5.74) is 1.08. The van der Waals surface area contributed by atoms with Crippen LogP contribution in [0, 0.1) is 0 Å². The van der Waals surface area contributed by atoms with E-state index in [-0.39, 0.29) is 11.4 Å². The van der Waals surface area contributed by atoms with Crippen LogP contribution in [0.25, 0.3) is 0 Å². The van der Waals surface area contributed by atoms with Crippen LogP contribution in [-0.4, -0.2) is 29.4 Å². The molecule has 0 radical (unpaired) electrons. The Labute approximate surface area is 117 Å². The Balaban J connectivity index is 2.55. The average Bonchev–Trinajstić information content (AvgIpc) is 2.27. The highest BCUT2D eigenvalue weighted by molar-refractivity contribution is 5.78. The Bertz CT molecular complexity index is 381. The molecular formula is C16H26N2O. The highest BCUT2D eigenvalue weighted by Gasteiger charge is 2.16. The minimum absolute atomic E-state index is 0.0943. The molecular weight excluding hydrogens is 236 g/mol. The van der Waals surface area contributed by atoms with E-state index >= 15 is 0 Å². The lowest BCUT2D eigenvalue weighted by Crippen LogP contribution is -2.45. The Morgan fingerprint density at radius 2 is 1.84 bits per heavy atom. The van der Waals surface area contributed by atoms with Crippen LogP contribution in [0.1, 0.15) is 39.7 Å². The molecule has 1 rings (SSSR count). The second kappa shape index (κ2) is 7.29. The molecule has 1 N–H and O–H groups in total. The number of rotatable bonds is 6. The molecule has 0 aliphatic carbocycles. The summed E-state index contributed by atoms with van der Waals surface area (Å²) in [4.78, 5) is 14.2. The smallest absolute Gasteiger partial charge is 0.234 e. The number of hydrogen-bond acceptors (Lipinski definition) is 2. The minimum atomic E-state index is -0.165. The van der Waals surface area contributed by atoms with Crippen molar-refractivity contribution in [2.75, 3.05) is 13.1 Å². The molecule has 19 heavy (non-hydrogen) atoms. The van der Waals surface area contributed by atoms with Crippen molar-refractivity contribution < 1.29 is 4.79 Å². The first-order valence-electron chi connectivity index (χ1n) is 6.98. The Hall–Kier alpha value is -1.35. The molecule has 1 aromatic rings. The van der Waals surface area contributed by atoms with Crippen molar-refractivity contribution in [3.8, 4) is 0 Å². The van der Waals surface area contributed by atoms with E-state index in [9.17, 15) is 4.79 Å². The summed E-state index contributed by atoms with van der Waals surface area (Å²) in [5, 5.41) is 3.01. The van der Waals surface area contributed by atoms with Crippen LogP contribution in [0.15, 0.2) is 30.3 Å². The normalized spacial score (nSPS) is 11.6. The van der Waals surface area contributed by atoms with E-state index in [2.05, 4.69) is 29.3 Å². The zero-order chi connectivity index (χ0) is 14.3. The lowest BCUT2D eigenvalue weighted by molar-refractivity contribution is -0.123. The van der Waals surface area contributed by atoms with E-state index in [1.165, 1.54) is 5.56 Å². The van der Waals surface area contributed by atoms with Gasteiger partial charge in [0.25, 0.3) is 0 Å². The lowest BCUT2D eigenvalue weighted by atomic mass is 10.1. The highest BCUT2D eigenvalue weighted by Crippen LogP contribution is 2.06. The molecule has 0 unspecified atom stereocenters. The third-order valence-corrected chi connectivity index (χ3v) is 2.67. The fraction of sp³-hybridized carbons (Fsp3) is 0.562. The van der Waals surface area contributed by atoms with Crippen molar-refractivity contribution >= 4 is 5.91 Å². The summed E-state index contributed by atoms with van der Waals surface area (Å²) < 4.78 is 0. The number of hydrogen-bond donors (Lipinski definition) is 1. The number of carbonyl (C=O) groups excluding carboxylic acids is 1. The zero-order valence-corrected chi connectivity index (χ0v) is 12.6. The maximum Gasteiger partial charge on any atom is 0.234 e. The molecule has 106 valence electrons. The average molecular weight is 262 g/mol. The van der Waals surface area contributed by atoms with Crippen molar-refractivity contribution in [2.24, 2.45) is 0 Å². The molecule has 0 spiro atoms. The van der Waals surface area contributed by atoms with Gasteiger partial charge in [0.05, 0.1) is 6.54 Å². The minimum Gasteiger partial charge on any atom is -0.350 e. The van der Waals surface area contributed by atoms with Crippen molar-refractivity contribution in [3.63, 3.8) is 0 Å². The van der Waals surface area contributed by atoms with Gasteiger partial charge >= 0.3 is 0 Å². The Morgan fingerprint density at radius 1 is 1.21 bits per heavy atom. The van der Waals surface area contributed by atoms with Gasteiger partial charge in [0, 0.05) is 12.1 Å². The summed E-state index contributed by atoms with van der Waals surface area (Å²) >= 11 is 0. The first kappa shape index (κ1) is 15.7. The number of benzene rings is 1. The van der Waals surface area contributed by atoms with Crippen LogP contribution in [0.5, 0.6) is 0 Å². The lowest BCUT2D eigenvalue weighted by Gasteiger charge is -2.25. The monoisotopic (exact) mass is 262 g/mol. The van der Waals surface area contributed by atoms with E-state index in [0.717, 1.165) is 19.5 Å². The zero-order valence-electron chi connectivity index (χ0n) is 12.6. The standard InChI is InChI=1S/C16H26N2O/c1-5-11-18(12-14-9-7-6-8-10-14)13-15(19)17-16(2,3)4/h6-10H,5,11-13H2,1-4H3,(H,17,19). The maximum atomic E-state index is 12.0. The molecule has 0 aromatic heterocycles. The largest absolute Gasteiger partial charge is 0.350 e. The first-order chi connectivity index (χ1) is 8.90. The molecule has 0 aliphatic heterocycles. The SMILES string of the molecule is CCCN(CC(=O)NC(C)(C)C)Cc1ccccc1. The first-order valence-corrected chi connectivity index (χ1v) is 6.98. The van der Waals surface area contributed by atoms with E-state index in [4.69, 9.17) is 0 Å². The third-order valence-electron chi connectivity index (χ3n) is 2.67. The second-order valence-electron chi connectivity index (χ2n) is 5.99. The highest BCUT2D eigenvalue weighted by atomic mass is 16.2. The van der Waals surface area contributed by atoms with Crippen LogP contribution in [0.3, 0.4) is 0 Å². The van der Waals surface area contributed by atoms with Crippen LogP contribution < -0.4 is 5.32 Å². The van der Waals surface area contributed by atoms with E-state index in [1.807, 2.05) is 39.0 Å². The van der Waals surface area contributed by atoms with Crippen LogP contribution in [0.4, 0.5) is 0 Å². The van der Waals surface area contributed by atoms with Crippen LogP contribution in [0.2, 0.25) is 0 Å². The summed E-state index contributed by atoms with van der Waals surface area (Å²) in [6.45, 7) is 10.4. The van der Waals surface area contributed by atoms with Crippen molar-refractivity contribution in [1.29, 1.82) is 0 Å². The molecule has 0 aliphatic rings. The fourth-order valence-corrected chi connectivity index (χ4v) is 2.03. The topological polar surface area (TPSA) is 32.3 Å². The van der Waals surface area contributed by atoms with Gasteiger partial charge in [-0.25, -0.2) is 0 Å². The van der Waals surface area contributed by atoms with Gasteiger partial charge in [-0.1, -0.05) is 37.3 Å². The fourth-order valence-electron chi connectivity index (χ4n) is 2.03. The molecule has 0 heterocycles. The molecule has 0 bridgehead atoms. The summed E-state index contributed by atoms with van der Waals surface area (Å²) in [7, 11) is 0. The van der Waals surface area contributed by atoms with Crippen molar-refractivity contribution in [1.82, 2.24) is 10.2 Å². The van der Waals surface area contributed by atoms with Crippen LogP contribution >= 0.6 is 0 Å². The van der Waals surface area contributed by atoms with Crippen LogP contribution in [-0.2, 0) is 11.3 Å². The van der Waals surface area contributed by atoms with E-state index < -0.39 is 0 Å². The summed E-state index contributed by atoms with van der Waals surface area (Å²) in [6.07, 6.45) is 1.05. The predicted molar refractivity (Wildman–Crippen MR) is 79.9 cm³/mol. The predicted octanol–water partition coefficient (Wildman–Crippen LogP) is 2.81. The van der Waals surface area contributed by atoms with Gasteiger partial charge in [0.1, 0.15) is 0 Å². The molecule has 0 saturated carbocycles. The van der Waals surface area contributed by atoms with Gasteiger partial charge in [-0.15, -0.1) is 0 Å². The van der Waals surface area contributed by atoms with Gasteiger partial charge in [-0.3, -0.25) is 9.69 Å². The molecule has 0 saturated heterocycles.